The minimum Gasteiger partial charge on any atom is -0.481 e. The van der Waals surface area contributed by atoms with Crippen LogP contribution in [0, 0.1) is 11.7 Å². The quantitative estimate of drug-likeness (QED) is 0.821. The summed E-state index contributed by atoms with van der Waals surface area (Å²) >= 11 is 0. The van der Waals surface area contributed by atoms with Gasteiger partial charge in [0, 0.05) is 6.54 Å². The third-order valence-corrected chi connectivity index (χ3v) is 3.30. The van der Waals surface area contributed by atoms with E-state index in [0.29, 0.717) is 0 Å². The van der Waals surface area contributed by atoms with Crippen LogP contribution in [0.2, 0.25) is 0 Å². The molecule has 1 aromatic rings. The van der Waals surface area contributed by atoms with Crippen LogP contribution in [-0.2, 0) is 4.79 Å². The maximum Gasteiger partial charge on any atom is 0.258 e. The zero-order valence-electron chi connectivity index (χ0n) is 10.9. The van der Waals surface area contributed by atoms with Crippen LogP contribution in [0.15, 0.2) is 24.3 Å². The first kappa shape index (κ1) is 13.8. The highest BCUT2D eigenvalue weighted by molar-refractivity contribution is 5.77. The van der Waals surface area contributed by atoms with Crippen LogP contribution in [-0.4, -0.2) is 29.8 Å². The molecule has 0 unspecified atom stereocenters. The predicted molar refractivity (Wildman–Crippen MR) is 68.3 cm³/mol. The minimum atomic E-state index is -0.867. The molecule has 0 saturated heterocycles. The molecule has 1 aromatic carbocycles. The molecule has 5 heteroatoms. The van der Waals surface area contributed by atoms with Gasteiger partial charge in [-0.1, -0.05) is 12.1 Å². The summed E-state index contributed by atoms with van der Waals surface area (Å²) in [5.41, 5.74) is -0.867. The maximum absolute atomic E-state index is 13.2. The molecule has 1 aliphatic carbocycles. The van der Waals surface area contributed by atoms with Crippen LogP contribution in [0.25, 0.3) is 0 Å². The van der Waals surface area contributed by atoms with E-state index in [1.54, 1.807) is 19.1 Å². The van der Waals surface area contributed by atoms with Crippen molar-refractivity contribution in [1.82, 2.24) is 5.32 Å². The van der Waals surface area contributed by atoms with Gasteiger partial charge in [-0.2, -0.15) is 0 Å². The molecule has 0 bridgehead atoms. The first-order chi connectivity index (χ1) is 8.99. The maximum atomic E-state index is 13.2. The van der Waals surface area contributed by atoms with Gasteiger partial charge in [-0.15, -0.1) is 0 Å². The number of amides is 1. The van der Waals surface area contributed by atoms with E-state index < -0.39 is 11.4 Å². The summed E-state index contributed by atoms with van der Waals surface area (Å²) in [7, 11) is 0. The highest BCUT2D eigenvalue weighted by atomic mass is 19.1. The second-order valence-electron chi connectivity index (χ2n) is 5.13. The summed E-state index contributed by atoms with van der Waals surface area (Å²) in [6.45, 7) is 1.64. The van der Waals surface area contributed by atoms with Crippen LogP contribution in [0.1, 0.15) is 19.8 Å². The summed E-state index contributed by atoms with van der Waals surface area (Å²) < 4.78 is 18.3. The Labute approximate surface area is 111 Å². The molecule has 0 radical (unpaired) electrons. The number of aliphatic hydroxyl groups is 1. The molecule has 1 saturated carbocycles. The Balaban J connectivity index is 1.74. The van der Waals surface area contributed by atoms with Gasteiger partial charge in [0.2, 0.25) is 0 Å². The average Bonchev–Trinajstić information content (AvgIpc) is 3.20. The largest absolute Gasteiger partial charge is 0.481 e. The molecule has 1 fully saturated rings. The Hall–Kier alpha value is -1.62. The van der Waals surface area contributed by atoms with E-state index in [0.717, 1.165) is 12.8 Å². The highest BCUT2D eigenvalue weighted by Gasteiger charge is 2.39. The number of halogens is 1. The lowest BCUT2D eigenvalue weighted by molar-refractivity contribution is -0.124. The average molecular weight is 267 g/mol. The Morgan fingerprint density at radius 1 is 1.53 bits per heavy atom. The van der Waals surface area contributed by atoms with Crippen LogP contribution in [0.3, 0.4) is 0 Å². The van der Waals surface area contributed by atoms with E-state index in [1.165, 1.54) is 12.1 Å². The van der Waals surface area contributed by atoms with Crippen LogP contribution in [0.5, 0.6) is 5.75 Å². The van der Waals surface area contributed by atoms with Gasteiger partial charge < -0.3 is 15.2 Å². The van der Waals surface area contributed by atoms with Gasteiger partial charge in [0.1, 0.15) is 0 Å². The fourth-order valence-electron chi connectivity index (χ4n) is 1.88. The van der Waals surface area contributed by atoms with Gasteiger partial charge in [-0.25, -0.2) is 4.39 Å². The van der Waals surface area contributed by atoms with Gasteiger partial charge in [0.15, 0.2) is 18.2 Å². The topological polar surface area (TPSA) is 58.6 Å². The number of nitrogens with one attached hydrogen (secondary N) is 1. The second-order valence-corrected chi connectivity index (χ2v) is 5.13. The van der Waals surface area contributed by atoms with Gasteiger partial charge in [0.25, 0.3) is 5.91 Å². The zero-order valence-corrected chi connectivity index (χ0v) is 10.9. The van der Waals surface area contributed by atoms with E-state index >= 15 is 0 Å². The molecular formula is C14H18FNO3. The van der Waals surface area contributed by atoms with Crippen molar-refractivity contribution >= 4 is 5.91 Å². The van der Waals surface area contributed by atoms with Crippen molar-refractivity contribution in [3.63, 3.8) is 0 Å². The minimum absolute atomic E-state index is 0.0478. The Morgan fingerprint density at radius 3 is 2.84 bits per heavy atom. The molecule has 0 spiro atoms. The monoisotopic (exact) mass is 267 g/mol. The fourth-order valence-corrected chi connectivity index (χ4v) is 1.88. The third-order valence-electron chi connectivity index (χ3n) is 3.30. The van der Waals surface area contributed by atoms with Crippen molar-refractivity contribution in [2.75, 3.05) is 13.2 Å². The molecule has 1 aliphatic rings. The predicted octanol–water partition coefficient (Wildman–Crippen LogP) is 1.48. The van der Waals surface area contributed by atoms with Gasteiger partial charge >= 0.3 is 0 Å². The normalized spacial score (nSPS) is 17.6. The molecule has 0 heterocycles. The van der Waals surface area contributed by atoms with Crippen molar-refractivity contribution in [1.29, 1.82) is 0 Å². The summed E-state index contributed by atoms with van der Waals surface area (Å²) in [4.78, 5) is 11.5. The van der Waals surface area contributed by atoms with Crippen molar-refractivity contribution in [2.24, 2.45) is 5.92 Å². The van der Waals surface area contributed by atoms with Crippen molar-refractivity contribution in [3.8, 4) is 5.75 Å². The van der Waals surface area contributed by atoms with E-state index in [9.17, 15) is 14.3 Å². The zero-order chi connectivity index (χ0) is 13.9. The molecule has 1 amide bonds. The van der Waals surface area contributed by atoms with Crippen molar-refractivity contribution < 1.29 is 19.0 Å². The van der Waals surface area contributed by atoms with Crippen molar-refractivity contribution in [2.45, 2.75) is 25.4 Å². The van der Waals surface area contributed by atoms with E-state index in [-0.39, 0.29) is 30.7 Å². The van der Waals surface area contributed by atoms with Gasteiger partial charge in [0.05, 0.1) is 5.60 Å². The third kappa shape index (κ3) is 3.92. The number of ether oxygens (including phenoxy) is 1. The number of carbonyl (C=O) groups is 1. The van der Waals surface area contributed by atoms with Crippen LogP contribution >= 0.6 is 0 Å². The molecule has 4 nitrogen and oxygen atoms in total. The van der Waals surface area contributed by atoms with E-state index in [2.05, 4.69) is 5.32 Å². The standard InChI is InChI=1S/C14H18FNO3/c1-14(18,10-6-7-10)9-16-13(17)8-19-12-5-3-2-4-11(12)15/h2-5,10,18H,6-9H2,1H3,(H,16,17)/t14-/m0/s1. The van der Waals surface area contributed by atoms with Gasteiger partial charge in [-0.3, -0.25) is 4.79 Å². The van der Waals surface area contributed by atoms with Crippen molar-refractivity contribution in [3.05, 3.63) is 30.1 Å². The summed E-state index contributed by atoms with van der Waals surface area (Å²) in [5, 5.41) is 12.6. The van der Waals surface area contributed by atoms with Crippen LogP contribution in [0.4, 0.5) is 4.39 Å². The fraction of sp³-hybridized carbons (Fsp3) is 0.500. The number of hydrogen-bond donors (Lipinski definition) is 2. The Bertz CT molecular complexity index is 458. The molecular weight excluding hydrogens is 249 g/mol. The number of rotatable bonds is 6. The second kappa shape index (κ2) is 5.57. The SMILES string of the molecule is C[C@](O)(CNC(=O)COc1ccccc1F)C1CC1. The first-order valence-electron chi connectivity index (χ1n) is 6.35. The Morgan fingerprint density at radius 2 is 2.21 bits per heavy atom. The molecule has 2 N–H and O–H groups in total. The molecule has 2 rings (SSSR count). The number of carbonyl (C=O) groups excluding carboxylic acids is 1. The lowest BCUT2D eigenvalue weighted by Crippen LogP contribution is -2.43. The number of benzene rings is 1. The molecule has 1 atom stereocenters. The van der Waals surface area contributed by atoms with Gasteiger partial charge in [-0.05, 0) is 37.8 Å². The Kier molecular flexibility index (Phi) is 4.04. The molecule has 0 aromatic heterocycles. The summed E-state index contributed by atoms with van der Waals surface area (Å²) in [6, 6.07) is 5.91. The lowest BCUT2D eigenvalue weighted by atomic mass is 10.0. The molecule has 0 aliphatic heterocycles. The number of para-hydroxylation sites is 1. The lowest BCUT2D eigenvalue weighted by Gasteiger charge is -2.23. The van der Waals surface area contributed by atoms with E-state index in [4.69, 9.17) is 4.74 Å². The summed E-state index contributed by atoms with van der Waals surface area (Å²) in [6.07, 6.45) is 1.99. The number of hydrogen-bond acceptors (Lipinski definition) is 3. The molecule has 104 valence electrons. The van der Waals surface area contributed by atoms with E-state index in [1.807, 2.05) is 0 Å². The first-order valence-corrected chi connectivity index (χ1v) is 6.35. The molecule has 19 heavy (non-hydrogen) atoms. The smallest absolute Gasteiger partial charge is 0.258 e. The summed E-state index contributed by atoms with van der Waals surface area (Å²) in [5.74, 6) is -0.559. The highest BCUT2D eigenvalue weighted by Crippen LogP contribution is 2.38. The van der Waals surface area contributed by atoms with Crippen LogP contribution < -0.4 is 10.1 Å².